The molecule has 110 valence electrons. The normalized spacial score (nSPS) is 21.6. The van der Waals surface area contributed by atoms with Crippen LogP contribution in [0.5, 0.6) is 11.5 Å². The lowest BCUT2D eigenvalue weighted by Gasteiger charge is -2.26. The summed E-state index contributed by atoms with van der Waals surface area (Å²) in [6.45, 7) is 4.35. The smallest absolute Gasteiger partial charge is 0.273 e. The zero-order valence-electron chi connectivity index (χ0n) is 11.5. The number of nitrogens with zero attached hydrogens (tertiary/aromatic N) is 1. The van der Waals surface area contributed by atoms with Crippen LogP contribution in [0, 0.1) is 10.1 Å². The second kappa shape index (κ2) is 5.64. The Morgan fingerprint density at radius 3 is 2.65 bits per heavy atom. The van der Waals surface area contributed by atoms with Gasteiger partial charge in [0.2, 0.25) is 0 Å². The molecule has 0 aliphatic carbocycles. The molecule has 7 heteroatoms. The van der Waals surface area contributed by atoms with E-state index in [4.69, 9.17) is 9.47 Å². The summed E-state index contributed by atoms with van der Waals surface area (Å²) in [7, 11) is 0. The molecular weight excluding hydrogens is 264 g/mol. The lowest BCUT2D eigenvalue weighted by molar-refractivity contribution is -0.385. The van der Waals surface area contributed by atoms with Gasteiger partial charge in [-0.15, -0.1) is 0 Å². The largest absolute Gasteiger partial charge is 0.486 e. The summed E-state index contributed by atoms with van der Waals surface area (Å²) in [6, 6.07) is 4.36. The van der Waals surface area contributed by atoms with E-state index in [1.807, 2.05) is 13.8 Å². The molecule has 1 heterocycles. The molecule has 0 spiro atoms. The van der Waals surface area contributed by atoms with Gasteiger partial charge in [0.05, 0.1) is 11.0 Å². The molecule has 0 bridgehead atoms. The first-order valence-electron chi connectivity index (χ1n) is 6.39. The monoisotopic (exact) mass is 282 g/mol. The molecule has 0 radical (unpaired) electrons. The quantitative estimate of drug-likeness (QED) is 0.634. The van der Waals surface area contributed by atoms with Gasteiger partial charge in [0, 0.05) is 18.7 Å². The SMILES string of the molecule is CC(C)NCC1(O)COc2ccc([N+](=O)[O-])cc2OC1. The molecule has 1 aromatic carbocycles. The number of ether oxygens (including phenoxy) is 2. The maximum atomic E-state index is 10.7. The molecule has 20 heavy (non-hydrogen) atoms. The van der Waals surface area contributed by atoms with Crippen LogP contribution in [0.2, 0.25) is 0 Å². The van der Waals surface area contributed by atoms with Crippen LogP contribution < -0.4 is 14.8 Å². The first-order chi connectivity index (χ1) is 9.39. The minimum Gasteiger partial charge on any atom is -0.486 e. The predicted molar refractivity (Wildman–Crippen MR) is 72.2 cm³/mol. The van der Waals surface area contributed by atoms with Gasteiger partial charge < -0.3 is 19.9 Å². The summed E-state index contributed by atoms with van der Waals surface area (Å²) in [4.78, 5) is 10.2. The van der Waals surface area contributed by atoms with Gasteiger partial charge in [-0.3, -0.25) is 10.1 Å². The number of nitro groups is 1. The molecule has 1 atom stereocenters. The topological polar surface area (TPSA) is 93.9 Å². The maximum absolute atomic E-state index is 10.7. The van der Waals surface area contributed by atoms with Crippen molar-refractivity contribution in [3.05, 3.63) is 28.3 Å². The summed E-state index contributed by atoms with van der Waals surface area (Å²) < 4.78 is 11.0. The summed E-state index contributed by atoms with van der Waals surface area (Å²) in [5, 5.41) is 24.3. The van der Waals surface area contributed by atoms with E-state index in [1.165, 1.54) is 18.2 Å². The first kappa shape index (κ1) is 14.5. The average Bonchev–Trinajstić information content (AvgIpc) is 2.57. The summed E-state index contributed by atoms with van der Waals surface area (Å²) in [6.07, 6.45) is 0. The van der Waals surface area contributed by atoms with Crippen LogP contribution in [0.4, 0.5) is 5.69 Å². The fourth-order valence-corrected chi connectivity index (χ4v) is 1.80. The van der Waals surface area contributed by atoms with E-state index in [9.17, 15) is 15.2 Å². The first-order valence-corrected chi connectivity index (χ1v) is 6.39. The molecule has 0 aromatic heterocycles. The van der Waals surface area contributed by atoms with Crippen LogP contribution in [-0.4, -0.2) is 41.4 Å². The lowest BCUT2D eigenvalue weighted by atomic mass is 10.1. The fraction of sp³-hybridized carbons (Fsp3) is 0.538. The maximum Gasteiger partial charge on any atom is 0.273 e. The van der Waals surface area contributed by atoms with Gasteiger partial charge in [-0.1, -0.05) is 13.8 Å². The minimum absolute atomic E-state index is 0.0148. The van der Waals surface area contributed by atoms with Crippen molar-refractivity contribution in [2.24, 2.45) is 0 Å². The highest BCUT2D eigenvalue weighted by molar-refractivity contribution is 5.49. The van der Waals surface area contributed by atoms with Gasteiger partial charge in [-0.05, 0) is 6.07 Å². The minimum atomic E-state index is -1.17. The van der Waals surface area contributed by atoms with E-state index in [0.717, 1.165) is 0 Å². The van der Waals surface area contributed by atoms with Crippen molar-refractivity contribution >= 4 is 5.69 Å². The van der Waals surface area contributed by atoms with Crippen molar-refractivity contribution in [2.75, 3.05) is 19.8 Å². The predicted octanol–water partition coefficient (Wildman–Crippen LogP) is 1.10. The Hall–Kier alpha value is -1.86. The van der Waals surface area contributed by atoms with E-state index in [0.29, 0.717) is 12.3 Å². The van der Waals surface area contributed by atoms with Gasteiger partial charge in [0.1, 0.15) is 18.8 Å². The van der Waals surface area contributed by atoms with Crippen molar-refractivity contribution in [1.29, 1.82) is 0 Å². The van der Waals surface area contributed by atoms with Crippen LogP contribution in [0.15, 0.2) is 18.2 Å². The fourth-order valence-electron chi connectivity index (χ4n) is 1.80. The molecule has 0 amide bonds. The van der Waals surface area contributed by atoms with Crippen LogP contribution in [0.1, 0.15) is 13.8 Å². The number of non-ortho nitro benzene ring substituents is 1. The van der Waals surface area contributed by atoms with E-state index in [-0.39, 0.29) is 30.7 Å². The van der Waals surface area contributed by atoms with Crippen LogP contribution in [0.3, 0.4) is 0 Å². The van der Waals surface area contributed by atoms with Crippen molar-refractivity contribution < 1.29 is 19.5 Å². The molecule has 1 aliphatic rings. The van der Waals surface area contributed by atoms with E-state index >= 15 is 0 Å². The highest BCUT2D eigenvalue weighted by Gasteiger charge is 2.33. The highest BCUT2D eigenvalue weighted by atomic mass is 16.6. The number of fused-ring (bicyclic) bond motifs is 1. The third-order valence-electron chi connectivity index (χ3n) is 2.97. The Labute approximate surface area is 116 Å². The van der Waals surface area contributed by atoms with Crippen molar-refractivity contribution in [1.82, 2.24) is 5.32 Å². The molecule has 7 nitrogen and oxygen atoms in total. The van der Waals surface area contributed by atoms with E-state index in [1.54, 1.807) is 0 Å². The molecule has 0 saturated carbocycles. The number of nitro benzene ring substituents is 1. The van der Waals surface area contributed by atoms with Crippen LogP contribution in [-0.2, 0) is 0 Å². The number of nitrogens with one attached hydrogen (secondary N) is 1. The van der Waals surface area contributed by atoms with E-state index < -0.39 is 10.5 Å². The molecular formula is C13H18N2O5. The molecule has 1 aliphatic heterocycles. The van der Waals surface area contributed by atoms with Crippen LogP contribution >= 0.6 is 0 Å². The second-order valence-electron chi connectivity index (χ2n) is 5.23. The van der Waals surface area contributed by atoms with Gasteiger partial charge in [0.25, 0.3) is 5.69 Å². The van der Waals surface area contributed by atoms with Gasteiger partial charge in [-0.25, -0.2) is 0 Å². The Balaban J connectivity index is 2.12. The van der Waals surface area contributed by atoms with Gasteiger partial charge >= 0.3 is 0 Å². The van der Waals surface area contributed by atoms with Crippen molar-refractivity contribution in [2.45, 2.75) is 25.5 Å². The zero-order valence-corrected chi connectivity index (χ0v) is 11.5. The summed E-state index contributed by atoms with van der Waals surface area (Å²) >= 11 is 0. The van der Waals surface area contributed by atoms with Crippen molar-refractivity contribution in [3.63, 3.8) is 0 Å². The Morgan fingerprint density at radius 1 is 1.40 bits per heavy atom. The summed E-state index contributed by atoms with van der Waals surface area (Å²) in [5.74, 6) is 0.677. The highest BCUT2D eigenvalue weighted by Crippen LogP contribution is 2.34. The number of rotatable bonds is 4. The third-order valence-corrected chi connectivity index (χ3v) is 2.97. The molecule has 0 fully saturated rings. The Bertz CT molecular complexity index is 506. The third kappa shape index (κ3) is 3.37. The van der Waals surface area contributed by atoms with Gasteiger partial charge in [0.15, 0.2) is 11.5 Å². The number of benzene rings is 1. The number of aliphatic hydroxyl groups is 1. The summed E-state index contributed by atoms with van der Waals surface area (Å²) in [5.41, 5.74) is -1.24. The average molecular weight is 282 g/mol. The molecule has 2 rings (SSSR count). The Morgan fingerprint density at radius 2 is 2.05 bits per heavy atom. The Kier molecular flexibility index (Phi) is 4.10. The zero-order chi connectivity index (χ0) is 14.8. The molecule has 2 N–H and O–H groups in total. The molecule has 1 unspecified atom stereocenters. The second-order valence-corrected chi connectivity index (χ2v) is 5.23. The standard InChI is InChI=1S/C13H18N2O5/c1-9(2)14-6-13(16)7-19-11-4-3-10(15(17)18)5-12(11)20-8-13/h3-5,9,14,16H,6-8H2,1-2H3. The lowest BCUT2D eigenvalue weighted by Crippen LogP contribution is -2.50. The van der Waals surface area contributed by atoms with E-state index in [2.05, 4.69) is 5.32 Å². The molecule has 0 saturated heterocycles. The number of hydrogen-bond acceptors (Lipinski definition) is 6. The van der Waals surface area contributed by atoms with Crippen LogP contribution in [0.25, 0.3) is 0 Å². The van der Waals surface area contributed by atoms with Gasteiger partial charge in [-0.2, -0.15) is 0 Å². The molecule has 1 aromatic rings. The van der Waals surface area contributed by atoms with Crippen molar-refractivity contribution in [3.8, 4) is 11.5 Å². The number of hydrogen-bond donors (Lipinski definition) is 2.